The van der Waals surface area contributed by atoms with Gasteiger partial charge in [0.1, 0.15) is 28.3 Å². The minimum atomic E-state index is -0.432. The van der Waals surface area contributed by atoms with Crippen molar-refractivity contribution in [3.05, 3.63) is 39.8 Å². The lowest BCUT2D eigenvalue weighted by Gasteiger charge is -2.08. The quantitative estimate of drug-likeness (QED) is 0.891. The molecule has 1 aromatic carbocycles. The highest BCUT2D eigenvalue weighted by molar-refractivity contribution is 9.10. The predicted octanol–water partition coefficient (Wildman–Crippen LogP) is 3.36. The molecule has 0 unspecified atom stereocenters. The molecule has 0 spiro atoms. The molecule has 0 saturated heterocycles. The average molecular weight is 318 g/mol. The van der Waals surface area contributed by atoms with E-state index in [-0.39, 0.29) is 0 Å². The third-order valence-electron chi connectivity index (χ3n) is 1.94. The van der Waals surface area contributed by atoms with E-state index in [0.717, 1.165) is 0 Å². The number of nitrogen functional groups attached to an aromatic ring is 1. The molecule has 0 atom stereocenters. The fraction of sp³-hybridized carbons (Fsp3) is 0. The van der Waals surface area contributed by atoms with Gasteiger partial charge in [-0.05, 0) is 34.1 Å². The molecule has 0 bridgehead atoms. The molecular formula is C10H7BrClFN4. The summed E-state index contributed by atoms with van der Waals surface area (Å²) in [5, 5.41) is 3.19. The first-order chi connectivity index (χ1) is 8.06. The van der Waals surface area contributed by atoms with E-state index in [2.05, 4.69) is 31.2 Å². The Morgan fingerprint density at radius 2 is 2.06 bits per heavy atom. The number of benzene rings is 1. The van der Waals surface area contributed by atoms with Gasteiger partial charge < -0.3 is 11.1 Å². The summed E-state index contributed by atoms with van der Waals surface area (Å²) >= 11 is 8.97. The summed E-state index contributed by atoms with van der Waals surface area (Å²) in [4.78, 5) is 7.77. The number of halogens is 3. The third kappa shape index (κ3) is 2.83. The monoisotopic (exact) mass is 316 g/mol. The second-order valence-corrected chi connectivity index (χ2v) is 4.43. The number of hydrogen-bond acceptors (Lipinski definition) is 4. The zero-order valence-electron chi connectivity index (χ0n) is 8.42. The summed E-state index contributed by atoms with van der Waals surface area (Å²) in [5.41, 5.74) is 6.08. The molecule has 0 radical (unpaired) electrons. The van der Waals surface area contributed by atoms with Gasteiger partial charge >= 0.3 is 0 Å². The van der Waals surface area contributed by atoms with Crippen molar-refractivity contribution in [2.75, 3.05) is 11.1 Å². The minimum absolute atomic E-state index is 0.296. The average Bonchev–Trinajstić information content (AvgIpc) is 2.23. The molecule has 2 rings (SSSR count). The summed E-state index contributed by atoms with van der Waals surface area (Å²) in [7, 11) is 0. The van der Waals surface area contributed by atoms with Gasteiger partial charge in [0.05, 0.1) is 0 Å². The first-order valence-corrected chi connectivity index (χ1v) is 5.72. The number of hydrogen-bond donors (Lipinski definition) is 2. The fourth-order valence-corrected chi connectivity index (χ4v) is 1.76. The van der Waals surface area contributed by atoms with Crippen molar-refractivity contribution in [1.29, 1.82) is 0 Å². The highest BCUT2D eigenvalue weighted by Crippen LogP contribution is 2.28. The van der Waals surface area contributed by atoms with Crippen LogP contribution >= 0.6 is 27.5 Å². The van der Waals surface area contributed by atoms with Crippen LogP contribution in [0.3, 0.4) is 0 Å². The van der Waals surface area contributed by atoms with Crippen LogP contribution in [0.1, 0.15) is 0 Å². The molecule has 4 nitrogen and oxygen atoms in total. The Balaban J connectivity index is 2.34. The Bertz CT molecular complexity index is 544. The molecule has 0 aliphatic heterocycles. The molecule has 0 saturated carbocycles. The van der Waals surface area contributed by atoms with Gasteiger partial charge in [0.25, 0.3) is 0 Å². The lowest BCUT2D eigenvalue weighted by atomic mass is 10.3. The maximum atomic E-state index is 13.1. The second-order valence-electron chi connectivity index (χ2n) is 3.20. The van der Waals surface area contributed by atoms with Crippen LogP contribution in [0.5, 0.6) is 0 Å². The van der Waals surface area contributed by atoms with Crippen molar-refractivity contribution in [2.24, 2.45) is 0 Å². The fourth-order valence-electron chi connectivity index (χ4n) is 1.23. The first kappa shape index (κ1) is 12.1. The standard InChI is InChI=1S/C10H7BrClFN4/c11-8-9(14)15-4-16-10(8)17-7-2-5(12)1-6(13)3-7/h1-4H,(H3,14,15,16,17). The van der Waals surface area contributed by atoms with E-state index in [1.54, 1.807) is 6.07 Å². The summed E-state index contributed by atoms with van der Waals surface area (Å²) in [5.74, 6) is 0.308. The maximum Gasteiger partial charge on any atom is 0.150 e. The molecule has 7 heteroatoms. The number of nitrogens with zero attached hydrogens (tertiary/aromatic N) is 2. The number of nitrogens with one attached hydrogen (secondary N) is 1. The molecule has 1 heterocycles. The van der Waals surface area contributed by atoms with Gasteiger partial charge in [-0.2, -0.15) is 0 Å². The van der Waals surface area contributed by atoms with E-state index >= 15 is 0 Å². The maximum absolute atomic E-state index is 13.1. The Morgan fingerprint density at radius 3 is 2.76 bits per heavy atom. The van der Waals surface area contributed by atoms with Gasteiger partial charge in [-0.15, -0.1) is 0 Å². The van der Waals surface area contributed by atoms with E-state index in [1.807, 2.05) is 0 Å². The van der Waals surface area contributed by atoms with E-state index in [4.69, 9.17) is 17.3 Å². The van der Waals surface area contributed by atoms with E-state index in [1.165, 1.54) is 18.5 Å². The number of nitrogens with two attached hydrogens (primary N) is 1. The van der Waals surface area contributed by atoms with Crippen LogP contribution < -0.4 is 11.1 Å². The predicted molar refractivity (Wildman–Crippen MR) is 68.8 cm³/mol. The van der Waals surface area contributed by atoms with Crippen molar-refractivity contribution >= 4 is 44.9 Å². The Hall–Kier alpha value is -1.40. The number of rotatable bonds is 2. The van der Waals surface area contributed by atoms with Crippen LogP contribution in [0.15, 0.2) is 29.0 Å². The van der Waals surface area contributed by atoms with E-state index in [9.17, 15) is 4.39 Å². The number of aromatic nitrogens is 2. The first-order valence-electron chi connectivity index (χ1n) is 4.55. The number of anilines is 3. The van der Waals surface area contributed by atoms with Crippen molar-refractivity contribution in [2.45, 2.75) is 0 Å². The lowest BCUT2D eigenvalue weighted by Crippen LogP contribution is -2.00. The molecular weight excluding hydrogens is 310 g/mol. The topological polar surface area (TPSA) is 63.8 Å². The van der Waals surface area contributed by atoms with Gasteiger partial charge in [-0.25, -0.2) is 14.4 Å². The normalized spacial score (nSPS) is 10.3. The summed E-state index contributed by atoms with van der Waals surface area (Å²) in [6.07, 6.45) is 1.31. The van der Waals surface area contributed by atoms with Crippen molar-refractivity contribution in [3.63, 3.8) is 0 Å². The second kappa shape index (κ2) is 4.85. The zero-order valence-corrected chi connectivity index (χ0v) is 10.8. The highest BCUT2D eigenvalue weighted by atomic mass is 79.9. The van der Waals surface area contributed by atoms with E-state index < -0.39 is 5.82 Å². The van der Waals surface area contributed by atoms with Crippen LogP contribution in [0.4, 0.5) is 21.7 Å². The van der Waals surface area contributed by atoms with Gasteiger partial charge in [0.2, 0.25) is 0 Å². The van der Waals surface area contributed by atoms with Crippen LogP contribution in [-0.2, 0) is 0 Å². The molecule has 0 fully saturated rings. The summed E-state index contributed by atoms with van der Waals surface area (Å²) < 4.78 is 13.6. The summed E-state index contributed by atoms with van der Waals surface area (Å²) in [6, 6.07) is 4.10. The van der Waals surface area contributed by atoms with Crippen molar-refractivity contribution in [3.8, 4) is 0 Å². The molecule has 88 valence electrons. The SMILES string of the molecule is Nc1ncnc(Nc2cc(F)cc(Cl)c2)c1Br. The Kier molecular flexibility index (Phi) is 3.44. The third-order valence-corrected chi connectivity index (χ3v) is 2.94. The minimum Gasteiger partial charge on any atom is -0.383 e. The molecule has 0 aliphatic rings. The highest BCUT2D eigenvalue weighted by Gasteiger charge is 2.07. The smallest absolute Gasteiger partial charge is 0.150 e. The summed E-state index contributed by atoms with van der Waals surface area (Å²) in [6.45, 7) is 0. The van der Waals surface area contributed by atoms with E-state index in [0.29, 0.717) is 26.8 Å². The lowest BCUT2D eigenvalue weighted by molar-refractivity contribution is 0.628. The van der Waals surface area contributed by atoms with Gasteiger partial charge in [-0.3, -0.25) is 0 Å². The van der Waals surface area contributed by atoms with Crippen LogP contribution in [0.2, 0.25) is 5.02 Å². The van der Waals surface area contributed by atoms with Gasteiger partial charge in [-0.1, -0.05) is 11.6 Å². The molecule has 17 heavy (non-hydrogen) atoms. The Morgan fingerprint density at radius 1 is 1.29 bits per heavy atom. The molecule has 0 amide bonds. The largest absolute Gasteiger partial charge is 0.383 e. The van der Waals surface area contributed by atoms with Gasteiger partial charge in [0, 0.05) is 10.7 Å². The molecule has 1 aromatic heterocycles. The molecule has 3 N–H and O–H groups in total. The van der Waals surface area contributed by atoms with Gasteiger partial charge in [0.15, 0.2) is 0 Å². The molecule has 0 aliphatic carbocycles. The van der Waals surface area contributed by atoms with Crippen molar-refractivity contribution < 1.29 is 4.39 Å². The van der Waals surface area contributed by atoms with Crippen LogP contribution in [0.25, 0.3) is 0 Å². The van der Waals surface area contributed by atoms with Crippen LogP contribution in [0, 0.1) is 5.82 Å². The zero-order chi connectivity index (χ0) is 12.4. The van der Waals surface area contributed by atoms with Crippen molar-refractivity contribution in [1.82, 2.24) is 9.97 Å². The molecule has 2 aromatic rings. The van der Waals surface area contributed by atoms with Crippen LogP contribution in [-0.4, -0.2) is 9.97 Å². The Labute approximate surface area is 110 Å².